The van der Waals surface area contributed by atoms with Gasteiger partial charge in [-0.3, -0.25) is 4.68 Å². The molecule has 1 aromatic heterocycles. The number of methoxy groups -OCH3 is 1. The molecule has 1 rings (SSSR count). The Kier molecular flexibility index (Phi) is 5.06. The molecule has 0 aliphatic heterocycles. The van der Waals surface area contributed by atoms with Crippen LogP contribution in [0.5, 0.6) is 0 Å². The normalized spacial score (nSPS) is 13.8. The predicted molar refractivity (Wildman–Crippen MR) is 62.9 cm³/mol. The van der Waals surface area contributed by atoms with Gasteiger partial charge in [-0.25, -0.2) is 13.1 Å². The maximum absolute atomic E-state index is 11.8. The van der Waals surface area contributed by atoms with E-state index in [9.17, 15) is 8.42 Å². The molecule has 98 valence electrons. The smallest absolute Gasteiger partial charge is 0.257 e. The van der Waals surface area contributed by atoms with Gasteiger partial charge in [-0.2, -0.15) is 5.10 Å². The summed E-state index contributed by atoms with van der Waals surface area (Å²) in [7, 11) is -0.374. The second-order valence-corrected chi connectivity index (χ2v) is 5.41. The van der Waals surface area contributed by atoms with Gasteiger partial charge in [-0.15, -0.1) is 0 Å². The number of hydrogen-bond acceptors (Lipinski definition) is 5. The first-order chi connectivity index (χ1) is 7.97. The van der Waals surface area contributed by atoms with E-state index < -0.39 is 10.0 Å². The fourth-order valence-electron chi connectivity index (χ4n) is 1.38. The number of ether oxygens (including phenoxy) is 1. The molecule has 17 heavy (non-hydrogen) atoms. The van der Waals surface area contributed by atoms with Crippen LogP contribution in [0, 0.1) is 0 Å². The SMILES string of the molecule is COCC(N)CCNS(=O)(=O)c1ccnn1C. The van der Waals surface area contributed by atoms with Crippen LogP contribution < -0.4 is 10.5 Å². The summed E-state index contributed by atoms with van der Waals surface area (Å²) >= 11 is 0. The van der Waals surface area contributed by atoms with Crippen LogP contribution in [0.3, 0.4) is 0 Å². The second-order valence-electron chi connectivity index (χ2n) is 3.69. The highest BCUT2D eigenvalue weighted by molar-refractivity contribution is 7.89. The second kappa shape index (κ2) is 6.10. The van der Waals surface area contributed by atoms with Gasteiger partial charge in [0.1, 0.15) is 0 Å². The maximum Gasteiger partial charge on any atom is 0.257 e. The fraction of sp³-hybridized carbons (Fsp3) is 0.667. The first-order valence-corrected chi connectivity index (χ1v) is 6.68. The number of aryl methyl sites for hydroxylation is 1. The minimum absolute atomic E-state index is 0.137. The zero-order chi connectivity index (χ0) is 12.9. The minimum atomic E-state index is -3.50. The highest BCUT2D eigenvalue weighted by atomic mass is 32.2. The molecular formula is C9H18N4O3S. The summed E-state index contributed by atoms with van der Waals surface area (Å²) in [5.41, 5.74) is 5.68. The van der Waals surface area contributed by atoms with Crippen molar-refractivity contribution in [3.8, 4) is 0 Å². The monoisotopic (exact) mass is 262 g/mol. The van der Waals surface area contributed by atoms with Gasteiger partial charge in [0.15, 0.2) is 5.03 Å². The summed E-state index contributed by atoms with van der Waals surface area (Å²) in [5, 5.41) is 3.95. The molecule has 1 heterocycles. The minimum Gasteiger partial charge on any atom is -0.383 e. The van der Waals surface area contributed by atoms with Crippen LogP contribution in [-0.4, -0.2) is 44.5 Å². The zero-order valence-corrected chi connectivity index (χ0v) is 10.8. The quantitative estimate of drug-likeness (QED) is 0.661. The van der Waals surface area contributed by atoms with E-state index >= 15 is 0 Å². The molecule has 0 radical (unpaired) electrons. The molecule has 0 fully saturated rings. The number of sulfonamides is 1. The maximum atomic E-state index is 11.8. The Morgan fingerprint density at radius 1 is 1.65 bits per heavy atom. The lowest BCUT2D eigenvalue weighted by Gasteiger charge is -2.11. The van der Waals surface area contributed by atoms with Gasteiger partial charge in [-0.1, -0.05) is 0 Å². The van der Waals surface area contributed by atoms with Gasteiger partial charge in [0.2, 0.25) is 0 Å². The third-order valence-corrected chi connectivity index (χ3v) is 3.77. The first kappa shape index (κ1) is 14.1. The summed E-state index contributed by atoms with van der Waals surface area (Å²) in [6, 6.07) is 1.27. The molecule has 3 N–H and O–H groups in total. The summed E-state index contributed by atoms with van der Waals surface area (Å²) in [4.78, 5) is 0. The lowest BCUT2D eigenvalue weighted by Crippen LogP contribution is -2.33. The van der Waals surface area contributed by atoms with Crippen LogP contribution in [0.25, 0.3) is 0 Å². The van der Waals surface area contributed by atoms with Crippen molar-refractivity contribution in [3.63, 3.8) is 0 Å². The molecule has 8 heteroatoms. The van der Waals surface area contributed by atoms with Crippen molar-refractivity contribution >= 4 is 10.0 Å². The van der Waals surface area contributed by atoms with Gasteiger partial charge < -0.3 is 10.5 Å². The standard InChI is InChI=1S/C9H18N4O3S/c1-13-9(4-5-11-13)17(14,15)12-6-3-8(10)7-16-2/h4-5,8,12H,3,6-7,10H2,1-2H3. The molecule has 0 bridgehead atoms. The molecule has 0 saturated carbocycles. The van der Waals surface area contributed by atoms with E-state index in [1.807, 2.05) is 0 Å². The van der Waals surface area contributed by atoms with Crippen molar-refractivity contribution in [3.05, 3.63) is 12.3 Å². The van der Waals surface area contributed by atoms with E-state index in [-0.39, 0.29) is 17.6 Å². The van der Waals surface area contributed by atoms with E-state index in [4.69, 9.17) is 10.5 Å². The molecular weight excluding hydrogens is 244 g/mol. The van der Waals surface area contributed by atoms with Crippen LogP contribution in [0.2, 0.25) is 0 Å². The van der Waals surface area contributed by atoms with Crippen LogP contribution in [0.4, 0.5) is 0 Å². The Hall–Kier alpha value is -0.960. The van der Waals surface area contributed by atoms with E-state index in [2.05, 4.69) is 9.82 Å². The fourth-order valence-corrected chi connectivity index (χ4v) is 2.54. The molecule has 0 spiro atoms. The van der Waals surface area contributed by atoms with E-state index in [1.54, 1.807) is 14.2 Å². The zero-order valence-electron chi connectivity index (χ0n) is 9.96. The number of rotatable bonds is 7. The number of nitrogens with two attached hydrogens (primary N) is 1. The summed E-state index contributed by atoms with van der Waals surface area (Å²) in [6.07, 6.45) is 1.95. The number of hydrogen-bond donors (Lipinski definition) is 2. The van der Waals surface area contributed by atoms with Gasteiger partial charge in [0, 0.05) is 26.7 Å². The van der Waals surface area contributed by atoms with Crippen molar-refractivity contribution in [2.24, 2.45) is 12.8 Å². The third kappa shape index (κ3) is 4.08. The topological polar surface area (TPSA) is 99.2 Å². The molecule has 1 atom stereocenters. The number of nitrogens with zero attached hydrogens (tertiary/aromatic N) is 2. The van der Waals surface area contributed by atoms with E-state index in [0.29, 0.717) is 13.0 Å². The molecule has 0 saturated heterocycles. The Morgan fingerprint density at radius 3 is 2.88 bits per heavy atom. The Morgan fingerprint density at radius 2 is 2.35 bits per heavy atom. The highest BCUT2D eigenvalue weighted by Gasteiger charge is 2.17. The molecule has 0 aliphatic rings. The van der Waals surface area contributed by atoms with Gasteiger partial charge in [0.05, 0.1) is 12.8 Å². The Balaban J connectivity index is 2.49. The number of aromatic nitrogens is 2. The molecule has 1 aromatic rings. The number of nitrogens with one attached hydrogen (secondary N) is 1. The molecule has 7 nitrogen and oxygen atoms in total. The molecule has 1 unspecified atom stereocenters. The lowest BCUT2D eigenvalue weighted by molar-refractivity contribution is 0.177. The van der Waals surface area contributed by atoms with Crippen molar-refractivity contribution in [1.82, 2.24) is 14.5 Å². The molecule has 0 aromatic carbocycles. The summed E-state index contributed by atoms with van der Waals surface area (Å²) < 4.78 is 32.3. The van der Waals surface area contributed by atoms with Crippen LogP contribution in [0.1, 0.15) is 6.42 Å². The van der Waals surface area contributed by atoms with Crippen LogP contribution in [0.15, 0.2) is 17.3 Å². The van der Waals surface area contributed by atoms with Gasteiger partial charge in [0.25, 0.3) is 10.0 Å². The van der Waals surface area contributed by atoms with E-state index in [1.165, 1.54) is 16.9 Å². The van der Waals surface area contributed by atoms with Gasteiger partial charge >= 0.3 is 0 Å². The predicted octanol–water partition coefficient (Wildman–Crippen LogP) is -0.938. The van der Waals surface area contributed by atoms with Crippen LogP contribution in [-0.2, 0) is 21.8 Å². The van der Waals surface area contributed by atoms with Crippen molar-refractivity contribution in [2.45, 2.75) is 17.5 Å². The van der Waals surface area contributed by atoms with Crippen molar-refractivity contribution in [1.29, 1.82) is 0 Å². The van der Waals surface area contributed by atoms with E-state index in [0.717, 1.165) is 0 Å². The highest BCUT2D eigenvalue weighted by Crippen LogP contribution is 2.05. The Labute approximate surface area is 101 Å². The summed E-state index contributed by atoms with van der Waals surface area (Å²) in [5.74, 6) is 0. The molecule has 0 aliphatic carbocycles. The average Bonchev–Trinajstić information content (AvgIpc) is 2.65. The summed E-state index contributed by atoms with van der Waals surface area (Å²) in [6.45, 7) is 0.686. The van der Waals surface area contributed by atoms with Crippen molar-refractivity contribution < 1.29 is 13.2 Å². The third-order valence-electron chi connectivity index (χ3n) is 2.24. The van der Waals surface area contributed by atoms with Crippen molar-refractivity contribution in [2.75, 3.05) is 20.3 Å². The lowest BCUT2D eigenvalue weighted by atomic mass is 10.2. The largest absolute Gasteiger partial charge is 0.383 e. The van der Waals surface area contributed by atoms with Crippen LogP contribution >= 0.6 is 0 Å². The first-order valence-electron chi connectivity index (χ1n) is 5.19. The Bertz CT molecular complexity index is 443. The van der Waals surface area contributed by atoms with Gasteiger partial charge in [-0.05, 0) is 12.5 Å². The average molecular weight is 262 g/mol. The molecule has 0 amide bonds.